The van der Waals surface area contributed by atoms with Gasteiger partial charge in [-0.15, -0.1) is 0 Å². The number of hydrazine groups is 1. The molecule has 0 saturated heterocycles. The molecule has 1 atom stereocenters. The van der Waals surface area contributed by atoms with E-state index in [1.54, 1.807) is 37.3 Å². The van der Waals surface area contributed by atoms with Gasteiger partial charge in [0.2, 0.25) is 5.88 Å². The van der Waals surface area contributed by atoms with Crippen LogP contribution >= 0.6 is 0 Å². The number of nitrogens with one attached hydrogen (secondary N) is 2. The average Bonchev–Trinajstić information content (AvgIpc) is 2.67. The standard InChI is InChI=1S/C18H21N3O5/c1-4-25-14-6-8-15(9-7-14)26-12(2)17(22)20-21-18(23)13-5-10-16(24-3)19-11-13/h5-12H,4H2,1-3H3,(H,20,22)(H,21,23)/t12-/m0/s1. The summed E-state index contributed by atoms with van der Waals surface area (Å²) in [5.74, 6) is 0.637. The minimum Gasteiger partial charge on any atom is -0.494 e. The third-order valence-electron chi connectivity index (χ3n) is 3.32. The van der Waals surface area contributed by atoms with Crippen LogP contribution in [0, 0.1) is 0 Å². The summed E-state index contributed by atoms with van der Waals surface area (Å²) >= 11 is 0. The second kappa shape index (κ2) is 9.26. The topological polar surface area (TPSA) is 98.8 Å². The van der Waals surface area contributed by atoms with Crippen molar-refractivity contribution in [1.82, 2.24) is 15.8 Å². The summed E-state index contributed by atoms with van der Waals surface area (Å²) in [6, 6.07) is 10.00. The number of nitrogens with zero attached hydrogens (tertiary/aromatic N) is 1. The minimum atomic E-state index is -0.803. The molecule has 138 valence electrons. The van der Waals surface area contributed by atoms with Crippen LogP contribution in [0.1, 0.15) is 24.2 Å². The maximum Gasteiger partial charge on any atom is 0.279 e. The molecule has 0 bridgehead atoms. The van der Waals surface area contributed by atoms with Gasteiger partial charge >= 0.3 is 0 Å². The number of benzene rings is 1. The van der Waals surface area contributed by atoms with Gasteiger partial charge in [0.15, 0.2) is 6.10 Å². The summed E-state index contributed by atoms with van der Waals surface area (Å²) in [6.07, 6.45) is 0.544. The van der Waals surface area contributed by atoms with Gasteiger partial charge in [-0.25, -0.2) is 4.98 Å². The average molecular weight is 359 g/mol. The predicted molar refractivity (Wildman–Crippen MR) is 94.1 cm³/mol. The first kappa shape index (κ1) is 19.0. The molecule has 0 saturated carbocycles. The fourth-order valence-electron chi connectivity index (χ4n) is 1.97. The zero-order valence-electron chi connectivity index (χ0n) is 14.8. The predicted octanol–water partition coefficient (Wildman–Crippen LogP) is 1.72. The van der Waals surface area contributed by atoms with Crippen LogP contribution in [0.5, 0.6) is 17.4 Å². The Labute approximate surface area is 151 Å². The number of amides is 2. The van der Waals surface area contributed by atoms with E-state index in [1.165, 1.54) is 19.4 Å². The molecule has 8 nitrogen and oxygen atoms in total. The molecule has 0 aliphatic carbocycles. The van der Waals surface area contributed by atoms with Gasteiger partial charge in [-0.2, -0.15) is 0 Å². The number of methoxy groups -OCH3 is 1. The van der Waals surface area contributed by atoms with E-state index in [0.29, 0.717) is 18.2 Å². The van der Waals surface area contributed by atoms with Gasteiger partial charge < -0.3 is 14.2 Å². The Balaban J connectivity index is 1.83. The summed E-state index contributed by atoms with van der Waals surface area (Å²) in [5, 5.41) is 0. The lowest BCUT2D eigenvalue weighted by molar-refractivity contribution is -0.128. The first-order valence-electron chi connectivity index (χ1n) is 8.03. The van der Waals surface area contributed by atoms with Gasteiger partial charge in [-0.05, 0) is 44.2 Å². The van der Waals surface area contributed by atoms with Crippen molar-refractivity contribution in [3.05, 3.63) is 48.2 Å². The Morgan fingerprint density at radius 3 is 2.35 bits per heavy atom. The molecule has 0 unspecified atom stereocenters. The number of ether oxygens (including phenoxy) is 3. The maximum atomic E-state index is 12.0. The number of aromatic nitrogens is 1. The quantitative estimate of drug-likeness (QED) is 0.731. The lowest BCUT2D eigenvalue weighted by Gasteiger charge is -2.15. The van der Waals surface area contributed by atoms with Crippen molar-refractivity contribution >= 4 is 11.8 Å². The Kier molecular flexibility index (Phi) is 6.78. The van der Waals surface area contributed by atoms with Crippen LogP contribution in [0.15, 0.2) is 42.6 Å². The number of hydrogen-bond acceptors (Lipinski definition) is 6. The molecule has 1 aromatic heterocycles. The molecule has 2 amide bonds. The fourth-order valence-corrected chi connectivity index (χ4v) is 1.97. The molecule has 1 aromatic carbocycles. The van der Waals surface area contributed by atoms with Crippen LogP contribution in [0.25, 0.3) is 0 Å². The minimum absolute atomic E-state index is 0.284. The van der Waals surface area contributed by atoms with Gasteiger partial charge in [-0.3, -0.25) is 20.4 Å². The zero-order valence-corrected chi connectivity index (χ0v) is 14.8. The van der Waals surface area contributed by atoms with E-state index in [9.17, 15) is 9.59 Å². The number of rotatable bonds is 7. The highest BCUT2D eigenvalue weighted by Crippen LogP contribution is 2.18. The monoisotopic (exact) mass is 359 g/mol. The fraction of sp³-hybridized carbons (Fsp3) is 0.278. The molecule has 0 spiro atoms. The van der Waals surface area contributed by atoms with Crippen molar-refractivity contribution in [3.63, 3.8) is 0 Å². The highest BCUT2D eigenvalue weighted by molar-refractivity contribution is 5.95. The lowest BCUT2D eigenvalue weighted by atomic mass is 10.3. The molecule has 2 N–H and O–H groups in total. The van der Waals surface area contributed by atoms with Crippen molar-refractivity contribution in [1.29, 1.82) is 0 Å². The normalized spacial score (nSPS) is 11.2. The van der Waals surface area contributed by atoms with Crippen molar-refractivity contribution < 1.29 is 23.8 Å². The van der Waals surface area contributed by atoms with E-state index in [4.69, 9.17) is 14.2 Å². The highest BCUT2D eigenvalue weighted by Gasteiger charge is 2.16. The maximum absolute atomic E-state index is 12.0. The lowest BCUT2D eigenvalue weighted by Crippen LogP contribution is -2.47. The van der Waals surface area contributed by atoms with Crippen molar-refractivity contribution in [2.24, 2.45) is 0 Å². The Morgan fingerprint density at radius 2 is 1.77 bits per heavy atom. The SMILES string of the molecule is CCOc1ccc(O[C@@H](C)C(=O)NNC(=O)c2ccc(OC)nc2)cc1. The summed E-state index contributed by atoms with van der Waals surface area (Å²) in [6.45, 7) is 4.04. The molecule has 2 aromatic rings. The summed E-state index contributed by atoms with van der Waals surface area (Å²) in [5.41, 5.74) is 4.91. The summed E-state index contributed by atoms with van der Waals surface area (Å²) in [7, 11) is 1.48. The van der Waals surface area contributed by atoms with Gasteiger partial charge in [0.25, 0.3) is 11.8 Å². The van der Waals surface area contributed by atoms with Gasteiger partial charge in [0.05, 0.1) is 19.3 Å². The van der Waals surface area contributed by atoms with E-state index >= 15 is 0 Å². The molecule has 0 radical (unpaired) electrons. The van der Waals surface area contributed by atoms with E-state index in [-0.39, 0.29) is 5.56 Å². The van der Waals surface area contributed by atoms with Crippen LogP contribution in [-0.2, 0) is 4.79 Å². The van der Waals surface area contributed by atoms with Gasteiger partial charge in [0, 0.05) is 12.3 Å². The van der Waals surface area contributed by atoms with Gasteiger partial charge in [-0.1, -0.05) is 0 Å². The van der Waals surface area contributed by atoms with Crippen molar-refractivity contribution in [3.8, 4) is 17.4 Å². The van der Waals surface area contributed by atoms with E-state index < -0.39 is 17.9 Å². The highest BCUT2D eigenvalue weighted by atomic mass is 16.5. The summed E-state index contributed by atoms with van der Waals surface area (Å²) in [4.78, 5) is 27.9. The molecule has 8 heteroatoms. The number of hydrogen-bond donors (Lipinski definition) is 2. The van der Waals surface area contributed by atoms with Gasteiger partial charge in [0.1, 0.15) is 11.5 Å². The van der Waals surface area contributed by atoms with Crippen LogP contribution in [-0.4, -0.2) is 36.6 Å². The first-order chi connectivity index (χ1) is 12.5. The molecule has 2 rings (SSSR count). The van der Waals surface area contributed by atoms with Crippen LogP contribution in [0.4, 0.5) is 0 Å². The smallest absolute Gasteiger partial charge is 0.279 e. The molecule has 0 fully saturated rings. The molecule has 0 aliphatic heterocycles. The van der Waals surface area contributed by atoms with Crippen molar-refractivity contribution in [2.75, 3.05) is 13.7 Å². The summed E-state index contributed by atoms with van der Waals surface area (Å²) < 4.78 is 15.8. The Hall–Kier alpha value is -3.29. The molecule has 0 aliphatic rings. The first-order valence-corrected chi connectivity index (χ1v) is 8.03. The van der Waals surface area contributed by atoms with E-state index in [0.717, 1.165) is 5.75 Å². The van der Waals surface area contributed by atoms with Crippen LogP contribution in [0.3, 0.4) is 0 Å². The third-order valence-corrected chi connectivity index (χ3v) is 3.32. The molecular weight excluding hydrogens is 338 g/mol. The largest absolute Gasteiger partial charge is 0.494 e. The van der Waals surface area contributed by atoms with Crippen molar-refractivity contribution in [2.45, 2.75) is 20.0 Å². The van der Waals surface area contributed by atoms with E-state index in [1.807, 2.05) is 6.92 Å². The number of pyridine rings is 1. The molecular formula is C18H21N3O5. The Bertz CT molecular complexity index is 731. The van der Waals surface area contributed by atoms with Crippen LogP contribution < -0.4 is 25.1 Å². The van der Waals surface area contributed by atoms with Crippen LogP contribution in [0.2, 0.25) is 0 Å². The number of carbonyl (C=O) groups is 2. The molecule has 26 heavy (non-hydrogen) atoms. The second-order valence-corrected chi connectivity index (χ2v) is 5.20. The third kappa shape index (κ3) is 5.37. The Morgan fingerprint density at radius 1 is 1.08 bits per heavy atom. The van der Waals surface area contributed by atoms with E-state index in [2.05, 4.69) is 15.8 Å². The second-order valence-electron chi connectivity index (χ2n) is 5.20. The zero-order chi connectivity index (χ0) is 18.9. The number of carbonyl (C=O) groups excluding carboxylic acids is 2. The molecule has 1 heterocycles.